The smallest absolute Gasteiger partial charge is 0.344 e. The Morgan fingerprint density at radius 2 is 2.14 bits per heavy atom. The molecule has 0 saturated carbocycles. The number of amides is 2. The summed E-state index contributed by atoms with van der Waals surface area (Å²) in [7, 11) is 4.31. The molecule has 1 atom stereocenters. The molecule has 0 fully saturated rings. The van der Waals surface area contributed by atoms with Crippen molar-refractivity contribution in [2.24, 2.45) is 5.73 Å². The second kappa shape index (κ2) is 7.81. The Hall–Kier alpha value is -3.58. The second-order valence-corrected chi connectivity index (χ2v) is 7.36. The molecule has 0 bridgehead atoms. The van der Waals surface area contributed by atoms with Gasteiger partial charge in [-0.25, -0.2) is 4.79 Å². The third-order valence-electron chi connectivity index (χ3n) is 4.37. The number of likely N-dealkylation sites (N-methyl/N-ethyl adjacent to an activating group) is 1. The summed E-state index contributed by atoms with van der Waals surface area (Å²) in [6.07, 6.45) is 4.17. The van der Waals surface area contributed by atoms with E-state index in [0.29, 0.717) is 5.56 Å². The van der Waals surface area contributed by atoms with Crippen molar-refractivity contribution in [2.45, 2.75) is 5.92 Å². The van der Waals surface area contributed by atoms with E-state index in [1.54, 1.807) is 32.4 Å². The Labute approximate surface area is 171 Å². The van der Waals surface area contributed by atoms with E-state index in [1.807, 2.05) is 6.07 Å². The lowest BCUT2D eigenvalue weighted by atomic mass is 9.83. The maximum absolute atomic E-state index is 13.1. The van der Waals surface area contributed by atoms with E-state index >= 15 is 0 Å². The molecule has 3 rings (SSSR count). The highest BCUT2D eigenvalue weighted by Gasteiger charge is 2.44. The fourth-order valence-electron chi connectivity index (χ4n) is 3.05. The van der Waals surface area contributed by atoms with Crippen LogP contribution in [0.2, 0.25) is 0 Å². The fraction of sp³-hybridized carbons (Fsp3) is 0.211. The number of pyridine rings is 1. The summed E-state index contributed by atoms with van der Waals surface area (Å²) >= 11 is 0.900. The molecule has 2 amide bonds. The van der Waals surface area contributed by atoms with E-state index in [1.165, 1.54) is 18.2 Å². The largest absolute Gasteiger partial charge is 0.465 e. The number of nitriles is 1. The first-order valence-corrected chi connectivity index (χ1v) is 9.20. The summed E-state index contributed by atoms with van der Waals surface area (Å²) in [5.41, 5.74) is 6.95. The highest BCUT2D eigenvalue weighted by molar-refractivity contribution is 8.07. The number of hydrogen-bond donors (Lipinski definition) is 1. The molecule has 1 aromatic heterocycles. The first kappa shape index (κ1) is 20.2. The van der Waals surface area contributed by atoms with Crippen LogP contribution >= 0.6 is 11.8 Å². The van der Waals surface area contributed by atoms with Gasteiger partial charge < -0.3 is 15.4 Å². The molecule has 2 N–H and O–H groups in total. The number of esters is 1. The van der Waals surface area contributed by atoms with Crippen LogP contribution in [0.4, 0.5) is 0 Å². The van der Waals surface area contributed by atoms with Gasteiger partial charge in [0, 0.05) is 32.6 Å². The predicted molar refractivity (Wildman–Crippen MR) is 104 cm³/mol. The zero-order chi connectivity index (χ0) is 21.3. The second-order valence-electron chi connectivity index (χ2n) is 6.32. The van der Waals surface area contributed by atoms with E-state index < -0.39 is 23.7 Å². The van der Waals surface area contributed by atoms with E-state index in [4.69, 9.17) is 10.5 Å². The number of carbonyl (C=O) groups is 3. The molecular weight excluding hydrogens is 394 g/mol. The first-order chi connectivity index (χ1) is 13.8. The van der Waals surface area contributed by atoms with Gasteiger partial charge in [-0.2, -0.15) is 5.26 Å². The van der Waals surface area contributed by atoms with E-state index in [9.17, 15) is 19.6 Å². The summed E-state index contributed by atoms with van der Waals surface area (Å²) < 4.78 is 4.72. The zero-order valence-corrected chi connectivity index (χ0v) is 16.7. The summed E-state index contributed by atoms with van der Waals surface area (Å²) in [4.78, 5) is 44.4. The number of nitrogens with zero attached hydrogens (tertiary/aromatic N) is 4. The number of fused-ring (bicyclic) bond motifs is 1. The van der Waals surface area contributed by atoms with Crippen LogP contribution in [0, 0.1) is 11.3 Å². The van der Waals surface area contributed by atoms with E-state index in [2.05, 4.69) is 4.98 Å². The maximum Gasteiger partial charge on any atom is 0.344 e. The number of thioether (sulfide) groups is 1. The average Bonchev–Trinajstić information content (AvgIpc) is 2.72. The lowest BCUT2D eigenvalue weighted by molar-refractivity contribution is -0.135. The molecule has 0 radical (unpaired) electrons. The highest BCUT2D eigenvalue weighted by Crippen LogP contribution is 2.48. The van der Waals surface area contributed by atoms with Crippen LogP contribution in [0.25, 0.3) is 0 Å². The molecule has 0 spiro atoms. The van der Waals surface area contributed by atoms with Crippen molar-refractivity contribution in [3.63, 3.8) is 0 Å². The Morgan fingerprint density at radius 3 is 2.69 bits per heavy atom. The minimum Gasteiger partial charge on any atom is -0.465 e. The number of rotatable bonds is 3. The minimum absolute atomic E-state index is 0.0194. The van der Waals surface area contributed by atoms with Gasteiger partial charge >= 0.3 is 5.97 Å². The molecule has 0 aromatic carbocycles. The number of aromatic nitrogens is 1. The van der Waals surface area contributed by atoms with Crippen LogP contribution in [-0.4, -0.2) is 53.8 Å². The van der Waals surface area contributed by atoms with Crippen molar-refractivity contribution in [3.05, 3.63) is 63.1 Å². The molecule has 0 aliphatic carbocycles. The van der Waals surface area contributed by atoms with Crippen molar-refractivity contribution >= 4 is 29.5 Å². The molecule has 1 unspecified atom stereocenters. The quantitative estimate of drug-likeness (QED) is 0.723. The molecule has 148 valence electrons. The summed E-state index contributed by atoms with van der Waals surface area (Å²) in [6.45, 7) is 0. The lowest BCUT2D eigenvalue weighted by Crippen LogP contribution is -2.42. The monoisotopic (exact) mass is 411 g/mol. The van der Waals surface area contributed by atoms with Gasteiger partial charge in [-0.3, -0.25) is 19.5 Å². The van der Waals surface area contributed by atoms with Crippen molar-refractivity contribution in [1.82, 2.24) is 14.8 Å². The predicted octanol–water partition coefficient (Wildman–Crippen LogP) is 0.805. The number of ether oxygens (including phenoxy) is 1. The van der Waals surface area contributed by atoms with Crippen LogP contribution in [0.3, 0.4) is 0 Å². The Kier molecular flexibility index (Phi) is 5.43. The van der Waals surface area contributed by atoms with Crippen LogP contribution in [0.1, 0.15) is 11.5 Å². The van der Waals surface area contributed by atoms with Crippen molar-refractivity contribution in [2.75, 3.05) is 21.2 Å². The summed E-state index contributed by atoms with van der Waals surface area (Å²) in [6, 6.07) is 5.42. The molecule has 9 nitrogen and oxygen atoms in total. The number of carbonyl (C=O) groups excluding carboxylic acids is 3. The Bertz CT molecular complexity index is 1040. The molecular formula is C19H17N5O4S. The van der Waals surface area contributed by atoms with Gasteiger partial charge in [-0.1, -0.05) is 17.8 Å². The topological polar surface area (TPSA) is 130 Å². The molecule has 10 heteroatoms. The van der Waals surface area contributed by atoms with Crippen LogP contribution in [0.5, 0.6) is 0 Å². The van der Waals surface area contributed by atoms with Gasteiger partial charge in [-0.15, -0.1) is 0 Å². The zero-order valence-electron chi connectivity index (χ0n) is 15.9. The SMILES string of the molecule is COC(=O)C1=CC(=O)N2C(N)=C(C#N)C(c3cccnc3)C(C(=O)N(C)C)=C2S1. The molecule has 2 aliphatic heterocycles. The van der Waals surface area contributed by atoms with Gasteiger partial charge in [0.1, 0.15) is 10.7 Å². The Balaban J connectivity index is 2.33. The minimum atomic E-state index is -0.841. The Morgan fingerprint density at radius 1 is 1.41 bits per heavy atom. The summed E-state index contributed by atoms with van der Waals surface area (Å²) in [5.74, 6) is -2.71. The van der Waals surface area contributed by atoms with Gasteiger partial charge in [-0.05, 0) is 11.6 Å². The standard InChI is InChI=1S/C19H17N5O4S/c1-23(2)17(26)15-14(10-5-4-6-22-9-10)11(8-20)16(21)24-13(25)7-12(19(27)28-3)29-18(15)24/h4-7,9,14H,21H2,1-3H3. The number of hydrogen-bond acceptors (Lipinski definition) is 8. The van der Waals surface area contributed by atoms with Gasteiger partial charge in [0.05, 0.1) is 35.3 Å². The lowest BCUT2D eigenvalue weighted by Gasteiger charge is -2.37. The summed E-state index contributed by atoms with van der Waals surface area (Å²) in [5, 5.41) is 9.96. The molecule has 29 heavy (non-hydrogen) atoms. The van der Waals surface area contributed by atoms with Crippen molar-refractivity contribution in [1.29, 1.82) is 5.26 Å². The van der Waals surface area contributed by atoms with E-state index in [-0.39, 0.29) is 26.9 Å². The van der Waals surface area contributed by atoms with Crippen molar-refractivity contribution in [3.8, 4) is 6.07 Å². The number of nitrogens with two attached hydrogens (primary N) is 1. The third-order valence-corrected chi connectivity index (χ3v) is 5.47. The van der Waals surface area contributed by atoms with Crippen molar-refractivity contribution < 1.29 is 19.1 Å². The molecule has 0 saturated heterocycles. The maximum atomic E-state index is 13.1. The normalized spacial score (nSPS) is 18.7. The molecule has 2 aliphatic rings. The number of methoxy groups -OCH3 is 1. The average molecular weight is 411 g/mol. The number of allylic oxidation sites excluding steroid dienone is 1. The van der Waals surface area contributed by atoms with Gasteiger partial charge in [0.2, 0.25) is 0 Å². The highest BCUT2D eigenvalue weighted by atomic mass is 32.2. The first-order valence-electron chi connectivity index (χ1n) is 8.39. The molecule has 1 aromatic rings. The van der Waals surface area contributed by atoms with Crippen LogP contribution in [-0.2, 0) is 19.1 Å². The van der Waals surface area contributed by atoms with Crippen LogP contribution < -0.4 is 5.73 Å². The molecule has 3 heterocycles. The fourth-order valence-corrected chi connectivity index (χ4v) is 4.18. The van der Waals surface area contributed by atoms with Gasteiger partial charge in [0.15, 0.2) is 0 Å². The van der Waals surface area contributed by atoms with E-state index in [0.717, 1.165) is 22.7 Å². The van der Waals surface area contributed by atoms with Crippen LogP contribution in [0.15, 0.2) is 57.5 Å². The van der Waals surface area contributed by atoms with Gasteiger partial charge in [0.25, 0.3) is 11.8 Å². The third kappa shape index (κ3) is 3.36.